The maximum atomic E-state index is 13.1. The Balaban J connectivity index is 2.82. The SMILES string of the molecule is CC(C)[C@H](NC(=O)[C@H](CC(=O)O)NC(=O)CNC(=O)[C@@H](N)CCCN=C(N)N)C(=O)N[C@@H](Cc1ccc(O)cc1)C(N)=O. The first-order chi connectivity index (χ1) is 20.1. The van der Waals surface area contributed by atoms with Crippen LogP contribution in [-0.2, 0) is 35.2 Å². The monoisotopic (exact) mass is 607 g/mol. The molecule has 0 saturated carbocycles. The van der Waals surface area contributed by atoms with Gasteiger partial charge in [0.25, 0.3) is 0 Å². The number of carboxylic acids is 1. The number of nitrogens with zero attached hydrogens (tertiary/aromatic N) is 1. The first-order valence-electron chi connectivity index (χ1n) is 13.4. The average molecular weight is 608 g/mol. The molecule has 0 bridgehead atoms. The van der Waals surface area contributed by atoms with Crippen molar-refractivity contribution in [3.05, 3.63) is 29.8 Å². The van der Waals surface area contributed by atoms with Crippen molar-refractivity contribution >= 4 is 41.5 Å². The van der Waals surface area contributed by atoms with Gasteiger partial charge in [0.1, 0.15) is 23.9 Å². The molecule has 17 nitrogen and oxygen atoms in total. The third-order valence-electron chi connectivity index (χ3n) is 6.04. The molecule has 14 N–H and O–H groups in total. The van der Waals surface area contributed by atoms with Gasteiger partial charge in [-0.15, -0.1) is 0 Å². The molecule has 17 heteroatoms. The molecule has 0 aliphatic heterocycles. The smallest absolute Gasteiger partial charge is 0.305 e. The standard InChI is InChI=1S/C26H41N9O8/c1-13(2)21(25(43)34-17(22(28)40)10-14-5-7-15(36)8-6-14)35-24(42)18(11-20(38)39)33-19(37)12-32-23(41)16(27)4-3-9-31-26(29)30/h5-8,13,16-18,21,36H,3-4,9-12,27H2,1-2H3,(H2,28,40)(H,32,41)(H,33,37)(H,34,43)(H,35,42)(H,38,39)(H4,29,30,31)/t16-,17-,18-,21-/m0/s1. The van der Waals surface area contributed by atoms with E-state index in [2.05, 4.69) is 26.3 Å². The Hall–Kier alpha value is -4.93. The second kappa shape index (κ2) is 17.8. The van der Waals surface area contributed by atoms with Crippen LogP contribution in [0.4, 0.5) is 0 Å². The number of carbonyl (C=O) groups excluding carboxylic acids is 5. The Morgan fingerprint density at radius 2 is 1.51 bits per heavy atom. The molecule has 0 radical (unpaired) electrons. The summed E-state index contributed by atoms with van der Waals surface area (Å²) in [6.45, 7) is 2.86. The van der Waals surface area contributed by atoms with Gasteiger partial charge in [0.05, 0.1) is 19.0 Å². The van der Waals surface area contributed by atoms with Crippen LogP contribution in [0.15, 0.2) is 29.3 Å². The summed E-state index contributed by atoms with van der Waals surface area (Å²) in [6.07, 6.45) is -0.198. The van der Waals surface area contributed by atoms with Crippen LogP contribution in [0.1, 0.15) is 38.7 Å². The quantitative estimate of drug-likeness (QED) is 0.0443. The number of nitrogens with one attached hydrogen (secondary N) is 4. The van der Waals surface area contributed by atoms with E-state index in [1.165, 1.54) is 12.1 Å². The molecule has 0 saturated heterocycles. The topological polar surface area (TPSA) is 307 Å². The molecule has 0 aromatic heterocycles. The highest BCUT2D eigenvalue weighted by Crippen LogP contribution is 2.12. The van der Waals surface area contributed by atoms with Crippen molar-refractivity contribution in [3.8, 4) is 5.75 Å². The van der Waals surface area contributed by atoms with E-state index >= 15 is 0 Å². The molecular weight excluding hydrogens is 566 g/mol. The zero-order valence-electron chi connectivity index (χ0n) is 24.0. The number of carbonyl (C=O) groups is 6. The van der Waals surface area contributed by atoms with Gasteiger partial charge in [-0.3, -0.25) is 33.8 Å². The number of aromatic hydroxyl groups is 1. The largest absolute Gasteiger partial charge is 0.508 e. The van der Waals surface area contributed by atoms with E-state index in [4.69, 9.17) is 22.9 Å². The summed E-state index contributed by atoms with van der Waals surface area (Å²) in [5.41, 5.74) is 22.3. The van der Waals surface area contributed by atoms with Crippen molar-refractivity contribution < 1.29 is 39.0 Å². The average Bonchev–Trinajstić information content (AvgIpc) is 2.92. The number of aliphatic imine (C=N–C) groups is 1. The normalized spacial score (nSPS) is 13.5. The Morgan fingerprint density at radius 3 is 2.05 bits per heavy atom. The maximum absolute atomic E-state index is 13.1. The van der Waals surface area contributed by atoms with Crippen molar-refractivity contribution in [1.82, 2.24) is 21.3 Å². The zero-order valence-corrected chi connectivity index (χ0v) is 24.0. The number of hydrogen-bond donors (Lipinski definition) is 10. The van der Waals surface area contributed by atoms with Crippen molar-refractivity contribution in [2.45, 2.75) is 63.7 Å². The number of nitrogens with two attached hydrogens (primary N) is 4. The van der Waals surface area contributed by atoms with Gasteiger partial charge in [0.15, 0.2) is 5.96 Å². The number of phenolic OH excluding ortho intramolecular Hbond substituents is 1. The minimum Gasteiger partial charge on any atom is -0.508 e. The van der Waals surface area contributed by atoms with Crippen molar-refractivity contribution in [2.24, 2.45) is 33.8 Å². The maximum Gasteiger partial charge on any atom is 0.305 e. The van der Waals surface area contributed by atoms with Gasteiger partial charge in [-0.2, -0.15) is 0 Å². The van der Waals surface area contributed by atoms with Crippen LogP contribution in [-0.4, -0.2) is 88.9 Å². The Morgan fingerprint density at radius 1 is 0.884 bits per heavy atom. The number of benzene rings is 1. The van der Waals surface area contributed by atoms with Crippen LogP contribution in [0.5, 0.6) is 5.75 Å². The fourth-order valence-corrected chi connectivity index (χ4v) is 3.72. The second-order valence-electron chi connectivity index (χ2n) is 10.1. The van der Waals surface area contributed by atoms with Crippen LogP contribution >= 0.6 is 0 Å². The number of amides is 5. The number of guanidine groups is 1. The summed E-state index contributed by atoms with van der Waals surface area (Å²) >= 11 is 0. The molecule has 1 aromatic carbocycles. The number of aliphatic carboxylic acids is 1. The minimum absolute atomic E-state index is 0.00343. The van der Waals surface area contributed by atoms with Crippen molar-refractivity contribution in [2.75, 3.05) is 13.1 Å². The summed E-state index contributed by atoms with van der Waals surface area (Å²) in [5.74, 6) is -6.18. The van der Waals surface area contributed by atoms with Crippen LogP contribution in [0.2, 0.25) is 0 Å². The van der Waals surface area contributed by atoms with E-state index in [9.17, 15) is 39.0 Å². The van der Waals surface area contributed by atoms with E-state index in [0.29, 0.717) is 12.0 Å². The first-order valence-corrected chi connectivity index (χ1v) is 13.4. The van der Waals surface area contributed by atoms with E-state index in [1.54, 1.807) is 26.0 Å². The fraction of sp³-hybridized carbons (Fsp3) is 0.500. The van der Waals surface area contributed by atoms with E-state index in [-0.39, 0.29) is 31.1 Å². The molecule has 5 amide bonds. The van der Waals surface area contributed by atoms with Crippen LogP contribution in [0.25, 0.3) is 0 Å². The Labute approximate surface area is 248 Å². The van der Waals surface area contributed by atoms with Crippen LogP contribution in [0, 0.1) is 5.92 Å². The van der Waals surface area contributed by atoms with Crippen LogP contribution in [0.3, 0.4) is 0 Å². The number of primary amides is 1. The zero-order chi connectivity index (χ0) is 32.7. The summed E-state index contributed by atoms with van der Waals surface area (Å²) < 4.78 is 0. The molecular formula is C26H41N9O8. The summed E-state index contributed by atoms with van der Waals surface area (Å²) in [5, 5.41) is 28.1. The molecule has 4 atom stereocenters. The molecule has 0 unspecified atom stereocenters. The Bertz CT molecular complexity index is 1170. The lowest BCUT2D eigenvalue weighted by molar-refractivity contribution is -0.141. The molecule has 238 valence electrons. The van der Waals surface area contributed by atoms with Crippen LogP contribution < -0.4 is 44.2 Å². The molecule has 0 heterocycles. The molecule has 0 aliphatic rings. The van der Waals surface area contributed by atoms with Crippen molar-refractivity contribution in [1.29, 1.82) is 0 Å². The predicted molar refractivity (Wildman–Crippen MR) is 155 cm³/mol. The lowest BCUT2D eigenvalue weighted by Crippen LogP contribution is -2.59. The van der Waals surface area contributed by atoms with E-state index < -0.39 is 78.6 Å². The Kier molecular flexibility index (Phi) is 14.9. The lowest BCUT2D eigenvalue weighted by atomic mass is 10.0. The highest BCUT2D eigenvalue weighted by molar-refractivity contribution is 5.96. The lowest BCUT2D eigenvalue weighted by Gasteiger charge is -2.26. The second-order valence-corrected chi connectivity index (χ2v) is 10.1. The highest BCUT2D eigenvalue weighted by Gasteiger charge is 2.32. The number of hydrogen-bond acceptors (Lipinski definition) is 9. The molecule has 43 heavy (non-hydrogen) atoms. The molecule has 1 aromatic rings. The van der Waals surface area contributed by atoms with E-state index in [0.717, 1.165) is 0 Å². The van der Waals surface area contributed by atoms with Gasteiger partial charge >= 0.3 is 5.97 Å². The molecule has 0 fully saturated rings. The summed E-state index contributed by atoms with van der Waals surface area (Å²) in [6, 6.07) is 0.926. The number of rotatable bonds is 18. The molecule has 1 rings (SSSR count). The van der Waals surface area contributed by atoms with Gasteiger partial charge in [-0.1, -0.05) is 26.0 Å². The van der Waals surface area contributed by atoms with Gasteiger partial charge in [0.2, 0.25) is 29.5 Å². The number of carboxylic acid groups (broad SMARTS) is 1. The van der Waals surface area contributed by atoms with Gasteiger partial charge in [-0.25, -0.2) is 0 Å². The predicted octanol–water partition coefficient (Wildman–Crippen LogP) is -3.50. The minimum atomic E-state index is -1.60. The third kappa shape index (κ3) is 14.0. The molecule has 0 spiro atoms. The van der Waals surface area contributed by atoms with E-state index in [1.807, 2.05) is 0 Å². The number of phenols is 1. The first kappa shape index (κ1) is 36.1. The summed E-state index contributed by atoms with van der Waals surface area (Å²) in [4.78, 5) is 77.9. The highest BCUT2D eigenvalue weighted by atomic mass is 16.4. The molecule has 0 aliphatic carbocycles. The van der Waals surface area contributed by atoms with Crippen molar-refractivity contribution in [3.63, 3.8) is 0 Å². The van der Waals surface area contributed by atoms with Gasteiger partial charge < -0.3 is 54.4 Å². The fourth-order valence-electron chi connectivity index (χ4n) is 3.72. The van der Waals surface area contributed by atoms with Gasteiger partial charge in [-0.05, 0) is 36.5 Å². The van der Waals surface area contributed by atoms with Gasteiger partial charge in [0, 0.05) is 13.0 Å². The third-order valence-corrected chi connectivity index (χ3v) is 6.04. The summed E-state index contributed by atoms with van der Waals surface area (Å²) in [7, 11) is 0.